The molecule has 118 valence electrons. The van der Waals surface area contributed by atoms with Gasteiger partial charge in [-0.05, 0) is 43.0 Å². The Labute approximate surface area is 129 Å². The molecule has 0 spiro atoms. The predicted octanol–water partition coefficient (Wildman–Crippen LogP) is 3.04. The third-order valence-electron chi connectivity index (χ3n) is 4.50. The first-order valence-corrected chi connectivity index (χ1v) is 8.29. The number of nitrogens with one attached hydrogen (secondary N) is 1. The van der Waals surface area contributed by atoms with Crippen LogP contribution >= 0.6 is 0 Å². The summed E-state index contributed by atoms with van der Waals surface area (Å²) in [5.41, 5.74) is 2.87. The highest BCUT2D eigenvalue weighted by atomic mass is 16.5. The highest BCUT2D eigenvalue weighted by molar-refractivity contribution is 5.27. The Morgan fingerprint density at radius 2 is 1.86 bits per heavy atom. The fraction of sp³-hybridized carbons (Fsp3) is 0.667. The minimum atomic E-state index is 0.511. The van der Waals surface area contributed by atoms with Gasteiger partial charge in [0.2, 0.25) is 0 Å². The molecule has 0 radical (unpaired) electrons. The van der Waals surface area contributed by atoms with Gasteiger partial charge in [-0.15, -0.1) is 0 Å². The number of nitrogens with zero attached hydrogens (tertiary/aromatic N) is 1. The van der Waals surface area contributed by atoms with Crippen LogP contribution in [0.4, 0.5) is 0 Å². The fourth-order valence-electron chi connectivity index (χ4n) is 2.85. The van der Waals surface area contributed by atoms with E-state index < -0.39 is 0 Å². The van der Waals surface area contributed by atoms with Crippen LogP contribution in [0.5, 0.6) is 0 Å². The number of rotatable bonds is 10. The summed E-state index contributed by atoms with van der Waals surface area (Å²) in [6.45, 7) is 9.48. The summed E-state index contributed by atoms with van der Waals surface area (Å²) >= 11 is 0. The van der Waals surface area contributed by atoms with E-state index in [0.29, 0.717) is 6.04 Å². The van der Waals surface area contributed by atoms with E-state index in [4.69, 9.17) is 4.74 Å². The smallest absolute Gasteiger partial charge is 0.0618 e. The van der Waals surface area contributed by atoms with Crippen LogP contribution in [0, 0.1) is 5.92 Å². The Balaban J connectivity index is 1.95. The van der Waals surface area contributed by atoms with Crippen molar-refractivity contribution in [2.24, 2.45) is 5.92 Å². The molecule has 1 aliphatic rings. The van der Waals surface area contributed by atoms with Crippen LogP contribution in [-0.4, -0.2) is 37.7 Å². The zero-order chi connectivity index (χ0) is 15.1. The van der Waals surface area contributed by atoms with Gasteiger partial charge in [-0.2, -0.15) is 0 Å². The van der Waals surface area contributed by atoms with Crippen molar-refractivity contribution >= 4 is 0 Å². The molecule has 3 nitrogen and oxygen atoms in total. The number of methoxy groups -OCH3 is 1. The minimum Gasteiger partial charge on any atom is -0.383 e. The van der Waals surface area contributed by atoms with E-state index in [-0.39, 0.29) is 0 Å². The van der Waals surface area contributed by atoms with Gasteiger partial charge >= 0.3 is 0 Å². The van der Waals surface area contributed by atoms with Crippen molar-refractivity contribution in [1.29, 1.82) is 0 Å². The lowest BCUT2D eigenvalue weighted by molar-refractivity contribution is 0.157. The third kappa shape index (κ3) is 5.10. The molecular formula is C18H30N2O. The number of hydrogen-bond acceptors (Lipinski definition) is 3. The maximum Gasteiger partial charge on any atom is 0.0618 e. The van der Waals surface area contributed by atoms with E-state index in [2.05, 4.69) is 48.3 Å². The van der Waals surface area contributed by atoms with E-state index in [1.54, 1.807) is 7.11 Å². The largest absolute Gasteiger partial charge is 0.383 e. The first kappa shape index (κ1) is 16.5. The zero-order valence-electron chi connectivity index (χ0n) is 13.8. The lowest BCUT2D eigenvalue weighted by atomic mass is 10.1. The third-order valence-corrected chi connectivity index (χ3v) is 4.50. The monoisotopic (exact) mass is 290 g/mol. The summed E-state index contributed by atoms with van der Waals surface area (Å²) in [4.78, 5) is 2.46. The molecule has 0 amide bonds. The van der Waals surface area contributed by atoms with Crippen LogP contribution in [0.25, 0.3) is 0 Å². The van der Waals surface area contributed by atoms with Gasteiger partial charge in [0, 0.05) is 26.2 Å². The van der Waals surface area contributed by atoms with E-state index in [1.807, 2.05) is 0 Å². The van der Waals surface area contributed by atoms with Crippen LogP contribution in [0.2, 0.25) is 0 Å². The summed E-state index contributed by atoms with van der Waals surface area (Å²) in [5, 5.41) is 3.71. The second-order valence-electron chi connectivity index (χ2n) is 6.01. The van der Waals surface area contributed by atoms with Crippen molar-refractivity contribution in [3.05, 3.63) is 35.4 Å². The fourth-order valence-corrected chi connectivity index (χ4v) is 2.85. The van der Waals surface area contributed by atoms with Crippen molar-refractivity contribution in [2.45, 2.75) is 45.8 Å². The maximum absolute atomic E-state index is 5.35. The Bertz CT molecular complexity index is 413. The molecule has 1 aliphatic carbocycles. The van der Waals surface area contributed by atoms with Gasteiger partial charge in [-0.25, -0.2) is 0 Å². The Kier molecular flexibility index (Phi) is 6.68. The Morgan fingerprint density at radius 3 is 2.43 bits per heavy atom. The minimum absolute atomic E-state index is 0.511. The summed E-state index contributed by atoms with van der Waals surface area (Å²) in [5.74, 6) is 0.819. The van der Waals surface area contributed by atoms with Crippen molar-refractivity contribution < 1.29 is 4.74 Å². The van der Waals surface area contributed by atoms with Crippen LogP contribution in [0.1, 0.15) is 37.8 Å². The van der Waals surface area contributed by atoms with Crippen LogP contribution < -0.4 is 5.32 Å². The van der Waals surface area contributed by atoms with E-state index in [9.17, 15) is 0 Å². The molecule has 1 aromatic rings. The van der Waals surface area contributed by atoms with Crippen molar-refractivity contribution in [3.8, 4) is 0 Å². The normalized spacial score (nSPS) is 16.4. The lowest BCUT2D eigenvalue weighted by Gasteiger charge is -2.22. The summed E-state index contributed by atoms with van der Waals surface area (Å²) < 4.78 is 5.35. The van der Waals surface area contributed by atoms with Crippen LogP contribution in [0.15, 0.2) is 24.3 Å². The van der Waals surface area contributed by atoms with Crippen molar-refractivity contribution in [2.75, 3.05) is 26.8 Å². The van der Waals surface area contributed by atoms with Gasteiger partial charge in [-0.1, -0.05) is 38.1 Å². The van der Waals surface area contributed by atoms with E-state index >= 15 is 0 Å². The molecule has 1 fully saturated rings. The first-order chi connectivity index (χ1) is 10.3. The van der Waals surface area contributed by atoms with Crippen molar-refractivity contribution in [3.63, 3.8) is 0 Å². The first-order valence-electron chi connectivity index (χ1n) is 8.29. The van der Waals surface area contributed by atoms with Gasteiger partial charge in [-0.3, -0.25) is 4.90 Å². The maximum atomic E-state index is 5.35. The molecule has 2 rings (SSSR count). The second-order valence-corrected chi connectivity index (χ2v) is 6.01. The second kappa shape index (κ2) is 8.52. The van der Waals surface area contributed by atoms with E-state index in [1.165, 1.54) is 24.0 Å². The van der Waals surface area contributed by atoms with Gasteiger partial charge in [0.1, 0.15) is 0 Å². The molecule has 1 atom stereocenters. The number of ether oxygens (including phenoxy) is 1. The van der Waals surface area contributed by atoms with Crippen molar-refractivity contribution in [1.82, 2.24) is 10.2 Å². The Hall–Kier alpha value is -0.900. The van der Waals surface area contributed by atoms with E-state index in [0.717, 1.165) is 38.7 Å². The number of benzene rings is 1. The molecule has 0 heterocycles. The lowest BCUT2D eigenvalue weighted by Crippen LogP contribution is -2.35. The average molecular weight is 290 g/mol. The molecule has 3 heteroatoms. The van der Waals surface area contributed by atoms with Gasteiger partial charge < -0.3 is 10.1 Å². The summed E-state index contributed by atoms with van der Waals surface area (Å²) in [6, 6.07) is 9.32. The number of hydrogen-bond donors (Lipinski definition) is 1. The highest BCUT2D eigenvalue weighted by Crippen LogP contribution is 2.32. The standard InChI is InChI=1S/C18H30N2O/c1-4-20(5-2)13-17-9-7-6-8-16(17)12-19-18(14-21-3)15-10-11-15/h6-9,15,18-19H,4-5,10-14H2,1-3H3. The van der Waals surface area contributed by atoms with Gasteiger partial charge in [0.05, 0.1) is 6.61 Å². The average Bonchev–Trinajstić information content (AvgIpc) is 3.34. The Morgan fingerprint density at radius 1 is 1.19 bits per heavy atom. The summed E-state index contributed by atoms with van der Waals surface area (Å²) in [6.07, 6.45) is 2.70. The molecule has 0 aliphatic heterocycles. The summed E-state index contributed by atoms with van der Waals surface area (Å²) in [7, 11) is 1.80. The molecule has 1 saturated carbocycles. The van der Waals surface area contributed by atoms with Gasteiger partial charge in [0.15, 0.2) is 0 Å². The molecule has 1 N–H and O–H groups in total. The molecule has 0 aromatic heterocycles. The molecule has 1 unspecified atom stereocenters. The van der Waals surface area contributed by atoms with Crippen LogP contribution in [-0.2, 0) is 17.8 Å². The SMILES string of the molecule is CCN(CC)Cc1ccccc1CNC(COC)C1CC1. The highest BCUT2D eigenvalue weighted by Gasteiger charge is 2.30. The van der Waals surface area contributed by atoms with Crippen LogP contribution in [0.3, 0.4) is 0 Å². The quantitative estimate of drug-likeness (QED) is 0.717. The van der Waals surface area contributed by atoms with Gasteiger partial charge in [0.25, 0.3) is 0 Å². The molecular weight excluding hydrogens is 260 g/mol. The molecule has 0 bridgehead atoms. The zero-order valence-corrected chi connectivity index (χ0v) is 13.8. The predicted molar refractivity (Wildman–Crippen MR) is 88.3 cm³/mol. The molecule has 0 saturated heterocycles. The topological polar surface area (TPSA) is 24.5 Å². The molecule has 1 aromatic carbocycles. The molecule has 21 heavy (non-hydrogen) atoms.